The molecule has 2 spiro atoms. The van der Waals surface area contributed by atoms with E-state index >= 15 is 0 Å². The van der Waals surface area contributed by atoms with Crippen LogP contribution in [0.25, 0.3) is 5.57 Å². The average Bonchev–Trinajstić information content (AvgIpc) is 3.26. The Morgan fingerprint density at radius 2 is 1.65 bits per heavy atom. The van der Waals surface area contributed by atoms with Crippen LogP contribution in [0, 0.1) is 20.8 Å². The van der Waals surface area contributed by atoms with Gasteiger partial charge >= 0.3 is 6.16 Å². The molecule has 7 nitrogen and oxygen atoms in total. The van der Waals surface area contributed by atoms with Gasteiger partial charge in [0.2, 0.25) is 0 Å². The quantitative estimate of drug-likeness (QED) is 0.506. The maximum atomic E-state index is 13.7. The SMILES string of the molecule is COC(=O)OC1=C(c2c(C)cc(C)cc2C)C(=O)N(SC)C12CCC1(CC2)OCCO1. The number of aryl methyl sites for hydroxylation is 3. The van der Waals surface area contributed by atoms with Gasteiger partial charge in [0.1, 0.15) is 5.54 Å². The Kier molecular flexibility index (Phi) is 5.83. The molecule has 0 aromatic heterocycles. The molecule has 1 aromatic carbocycles. The maximum absolute atomic E-state index is 13.7. The Labute approximate surface area is 187 Å². The van der Waals surface area contributed by atoms with Crippen molar-refractivity contribution in [1.29, 1.82) is 0 Å². The van der Waals surface area contributed by atoms with Gasteiger partial charge in [0.15, 0.2) is 11.5 Å². The third-order valence-electron chi connectivity index (χ3n) is 6.55. The molecule has 0 unspecified atom stereocenters. The first kappa shape index (κ1) is 22.2. The molecule has 0 bridgehead atoms. The van der Waals surface area contributed by atoms with Gasteiger partial charge in [-0.1, -0.05) is 17.7 Å². The van der Waals surface area contributed by atoms with Gasteiger partial charge in [-0.2, -0.15) is 0 Å². The van der Waals surface area contributed by atoms with Crippen LogP contribution in [0.5, 0.6) is 0 Å². The summed E-state index contributed by atoms with van der Waals surface area (Å²) in [5.41, 5.74) is 3.56. The second-order valence-electron chi connectivity index (χ2n) is 8.46. The van der Waals surface area contributed by atoms with E-state index in [1.54, 1.807) is 4.31 Å². The topological polar surface area (TPSA) is 74.3 Å². The third-order valence-corrected chi connectivity index (χ3v) is 7.43. The second-order valence-corrected chi connectivity index (χ2v) is 9.19. The van der Waals surface area contributed by atoms with Gasteiger partial charge in [0, 0.05) is 19.1 Å². The molecule has 8 heteroatoms. The van der Waals surface area contributed by atoms with E-state index in [9.17, 15) is 9.59 Å². The molecule has 1 aliphatic carbocycles. The van der Waals surface area contributed by atoms with Crippen LogP contribution in [-0.2, 0) is 23.7 Å². The molecule has 1 saturated heterocycles. The van der Waals surface area contributed by atoms with E-state index < -0.39 is 17.5 Å². The lowest BCUT2D eigenvalue weighted by molar-refractivity contribution is -0.189. The van der Waals surface area contributed by atoms with Crippen molar-refractivity contribution in [2.24, 2.45) is 0 Å². The molecule has 0 atom stereocenters. The molecule has 1 aromatic rings. The van der Waals surface area contributed by atoms with Gasteiger partial charge < -0.3 is 18.9 Å². The van der Waals surface area contributed by atoms with Gasteiger partial charge in [-0.05, 0) is 62.3 Å². The molecule has 168 valence electrons. The Morgan fingerprint density at radius 1 is 1.06 bits per heavy atom. The van der Waals surface area contributed by atoms with Crippen LogP contribution >= 0.6 is 11.9 Å². The Hall–Kier alpha value is -2.03. The summed E-state index contributed by atoms with van der Waals surface area (Å²) in [7, 11) is 1.27. The van der Waals surface area contributed by atoms with Crippen molar-refractivity contribution >= 4 is 29.6 Å². The van der Waals surface area contributed by atoms with E-state index in [0.717, 1.165) is 22.3 Å². The van der Waals surface area contributed by atoms with E-state index in [-0.39, 0.29) is 5.91 Å². The molecular formula is C23H29NO6S. The number of rotatable bonds is 3. The molecule has 2 aliphatic heterocycles. The van der Waals surface area contributed by atoms with Gasteiger partial charge in [0.05, 0.1) is 25.9 Å². The minimum atomic E-state index is -0.821. The fourth-order valence-electron chi connectivity index (χ4n) is 5.30. The molecule has 2 heterocycles. The molecule has 1 amide bonds. The van der Waals surface area contributed by atoms with Gasteiger partial charge in [0.25, 0.3) is 5.91 Å². The summed E-state index contributed by atoms with van der Waals surface area (Å²) in [5.74, 6) is -0.375. The minimum Gasteiger partial charge on any atom is -0.437 e. The van der Waals surface area contributed by atoms with Crippen LogP contribution < -0.4 is 0 Å². The zero-order chi connectivity index (χ0) is 22.4. The number of benzene rings is 1. The van der Waals surface area contributed by atoms with E-state index in [2.05, 4.69) is 0 Å². The summed E-state index contributed by atoms with van der Waals surface area (Å²) in [6.07, 6.45) is 3.42. The number of methoxy groups -OCH3 is 1. The lowest BCUT2D eigenvalue weighted by atomic mass is 9.77. The minimum absolute atomic E-state index is 0.148. The lowest BCUT2D eigenvalue weighted by Crippen LogP contribution is -2.51. The highest BCUT2D eigenvalue weighted by Crippen LogP contribution is 2.54. The van der Waals surface area contributed by atoms with Crippen molar-refractivity contribution in [3.63, 3.8) is 0 Å². The zero-order valence-electron chi connectivity index (χ0n) is 18.7. The molecule has 31 heavy (non-hydrogen) atoms. The monoisotopic (exact) mass is 447 g/mol. The summed E-state index contributed by atoms with van der Waals surface area (Å²) < 4.78 is 24.2. The summed E-state index contributed by atoms with van der Waals surface area (Å²) in [5, 5.41) is 0. The van der Waals surface area contributed by atoms with Crippen molar-refractivity contribution in [3.05, 3.63) is 40.1 Å². The van der Waals surface area contributed by atoms with E-state index in [0.29, 0.717) is 50.2 Å². The van der Waals surface area contributed by atoms with Gasteiger partial charge in [-0.15, -0.1) is 0 Å². The Bertz CT molecular complexity index is 916. The number of amides is 1. The first-order valence-corrected chi connectivity index (χ1v) is 11.7. The largest absolute Gasteiger partial charge is 0.513 e. The molecule has 3 aliphatic rings. The lowest BCUT2D eigenvalue weighted by Gasteiger charge is -2.45. The first-order valence-electron chi connectivity index (χ1n) is 10.5. The van der Waals surface area contributed by atoms with Gasteiger partial charge in [-0.3, -0.25) is 9.10 Å². The van der Waals surface area contributed by atoms with Crippen molar-refractivity contribution in [3.8, 4) is 0 Å². The fraction of sp³-hybridized carbons (Fsp3) is 0.565. The number of carbonyl (C=O) groups is 2. The highest BCUT2D eigenvalue weighted by atomic mass is 32.2. The number of ether oxygens (including phenoxy) is 4. The molecule has 2 fully saturated rings. The molecular weight excluding hydrogens is 418 g/mol. The number of hydrogen-bond acceptors (Lipinski definition) is 7. The normalized spacial score (nSPS) is 22.0. The number of carbonyl (C=O) groups excluding carboxylic acids is 2. The van der Waals surface area contributed by atoms with E-state index in [4.69, 9.17) is 18.9 Å². The van der Waals surface area contributed by atoms with Crippen molar-refractivity contribution in [2.75, 3.05) is 26.6 Å². The van der Waals surface area contributed by atoms with Crippen LogP contribution in [-0.4, -0.2) is 54.3 Å². The summed E-state index contributed by atoms with van der Waals surface area (Å²) >= 11 is 1.36. The fourth-order valence-corrected chi connectivity index (χ4v) is 6.17. The van der Waals surface area contributed by atoms with Crippen LogP contribution in [0.1, 0.15) is 47.9 Å². The predicted molar refractivity (Wildman–Crippen MR) is 117 cm³/mol. The highest BCUT2D eigenvalue weighted by molar-refractivity contribution is 7.96. The molecule has 0 radical (unpaired) electrons. The molecule has 0 N–H and O–H groups in total. The van der Waals surface area contributed by atoms with Crippen LogP contribution in [0.15, 0.2) is 17.9 Å². The van der Waals surface area contributed by atoms with Crippen molar-refractivity contribution < 1.29 is 28.5 Å². The van der Waals surface area contributed by atoms with Crippen molar-refractivity contribution in [2.45, 2.75) is 57.8 Å². The highest BCUT2D eigenvalue weighted by Gasteiger charge is 2.59. The smallest absolute Gasteiger partial charge is 0.437 e. The second kappa shape index (κ2) is 8.15. The summed E-state index contributed by atoms with van der Waals surface area (Å²) in [6, 6.07) is 4.09. The van der Waals surface area contributed by atoms with Crippen LogP contribution in [0.3, 0.4) is 0 Å². The van der Waals surface area contributed by atoms with E-state index in [1.165, 1.54) is 19.1 Å². The van der Waals surface area contributed by atoms with Crippen LogP contribution in [0.2, 0.25) is 0 Å². The van der Waals surface area contributed by atoms with Crippen LogP contribution in [0.4, 0.5) is 4.79 Å². The average molecular weight is 448 g/mol. The molecule has 4 rings (SSSR count). The third kappa shape index (κ3) is 3.54. The predicted octanol–water partition coefficient (Wildman–Crippen LogP) is 4.28. The summed E-state index contributed by atoms with van der Waals surface area (Å²) in [6.45, 7) is 7.14. The molecule has 1 saturated carbocycles. The van der Waals surface area contributed by atoms with Gasteiger partial charge in [-0.25, -0.2) is 4.79 Å². The Morgan fingerprint density at radius 3 is 2.16 bits per heavy atom. The Balaban J connectivity index is 1.87. The number of nitrogens with zero attached hydrogens (tertiary/aromatic N) is 1. The number of hydrogen-bond donors (Lipinski definition) is 0. The maximum Gasteiger partial charge on any atom is 0.513 e. The first-order chi connectivity index (χ1) is 14.8. The summed E-state index contributed by atoms with van der Waals surface area (Å²) in [4.78, 5) is 26.0. The van der Waals surface area contributed by atoms with Crippen molar-refractivity contribution in [1.82, 2.24) is 4.31 Å². The zero-order valence-corrected chi connectivity index (χ0v) is 19.5. The van der Waals surface area contributed by atoms with E-state index in [1.807, 2.05) is 39.2 Å². The standard InChI is InChI=1S/C23H29NO6S/c1-14-12-15(2)17(16(3)13-14)18-19(30-21(26)27-4)22(24(31-5)20(18)25)6-8-23(9-7-22)28-10-11-29-23/h12-13H,6-11H2,1-5H3.